The second-order valence-electron chi connectivity index (χ2n) is 4.17. The predicted molar refractivity (Wildman–Crippen MR) is 72.2 cm³/mol. The quantitative estimate of drug-likeness (QED) is 0.867. The van der Waals surface area contributed by atoms with E-state index in [9.17, 15) is 8.42 Å². The summed E-state index contributed by atoms with van der Waals surface area (Å²) in [7, 11) is -1.01. The minimum absolute atomic E-state index is 0.149. The first-order valence-electron chi connectivity index (χ1n) is 5.53. The van der Waals surface area contributed by atoms with Crippen molar-refractivity contribution in [1.29, 1.82) is 0 Å². The normalized spacial score (nSPS) is 13.6. The van der Waals surface area contributed by atoms with Crippen LogP contribution in [0.15, 0.2) is 24.3 Å². The van der Waals surface area contributed by atoms with Gasteiger partial charge < -0.3 is 5.32 Å². The minimum Gasteiger partial charge on any atom is -0.313 e. The van der Waals surface area contributed by atoms with E-state index in [0.717, 1.165) is 12.0 Å². The summed E-state index contributed by atoms with van der Waals surface area (Å²) in [5.74, 6) is 0.228. The van der Waals surface area contributed by atoms with E-state index in [2.05, 4.69) is 5.32 Å². The molecule has 0 aliphatic heterocycles. The van der Waals surface area contributed by atoms with Crippen LogP contribution in [0.4, 0.5) is 0 Å². The van der Waals surface area contributed by atoms with Gasteiger partial charge in [0.2, 0.25) is 0 Å². The van der Waals surface area contributed by atoms with E-state index < -0.39 is 9.84 Å². The van der Waals surface area contributed by atoms with Crippen LogP contribution in [-0.4, -0.2) is 27.5 Å². The van der Waals surface area contributed by atoms with Gasteiger partial charge in [0.25, 0.3) is 0 Å². The van der Waals surface area contributed by atoms with Crippen molar-refractivity contribution in [3.05, 3.63) is 34.9 Å². The van der Waals surface area contributed by atoms with Crippen molar-refractivity contribution in [2.45, 2.75) is 18.9 Å². The molecule has 1 aromatic carbocycles. The lowest BCUT2D eigenvalue weighted by molar-refractivity contribution is 0.536. The molecule has 17 heavy (non-hydrogen) atoms. The van der Waals surface area contributed by atoms with Gasteiger partial charge in [0.1, 0.15) is 9.84 Å². The molecule has 1 unspecified atom stereocenters. The van der Waals surface area contributed by atoms with E-state index in [1.807, 2.05) is 31.3 Å². The molecule has 1 N–H and O–H groups in total. The Morgan fingerprint density at radius 3 is 2.65 bits per heavy atom. The first-order valence-corrected chi connectivity index (χ1v) is 7.96. The van der Waals surface area contributed by atoms with E-state index in [1.165, 1.54) is 6.26 Å². The van der Waals surface area contributed by atoms with Crippen molar-refractivity contribution in [1.82, 2.24) is 5.32 Å². The lowest BCUT2D eigenvalue weighted by Crippen LogP contribution is -2.17. The maximum Gasteiger partial charge on any atom is 0.147 e. The zero-order valence-electron chi connectivity index (χ0n) is 10.1. The average molecular weight is 276 g/mol. The van der Waals surface area contributed by atoms with Crippen LogP contribution in [0.3, 0.4) is 0 Å². The fourth-order valence-corrected chi connectivity index (χ4v) is 2.64. The molecule has 3 nitrogen and oxygen atoms in total. The molecule has 0 saturated carbocycles. The molecule has 1 rings (SSSR count). The van der Waals surface area contributed by atoms with E-state index in [4.69, 9.17) is 11.6 Å². The molecule has 0 heterocycles. The van der Waals surface area contributed by atoms with Crippen LogP contribution in [0.5, 0.6) is 0 Å². The molecule has 0 saturated heterocycles. The third kappa shape index (κ3) is 5.52. The summed E-state index contributed by atoms with van der Waals surface area (Å²) in [4.78, 5) is 0. The van der Waals surface area contributed by atoms with Crippen LogP contribution in [0.2, 0.25) is 5.02 Å². The molecule has 0 aliphatic carbocycles. The summed E-state index contributed by atoms with van der Waals surface area (Å²) in [6.45, 7) is 0. The molecule has 0 spiro atoms. The monoisotopic (exact) mass is 275 g/mol. The largest absolute Gasteiger partial charge is 0.313 e. The van der Waals surface area contributed by atoms with Crippen molar-refractivity contribution in [3.8, 4) is 0 Å². The molecule has 0 fully saturated rings. The molecule has 0 radical (unpaired) electrons. The Bertz CT molecular complexity index is 459. The van der Waals surface area contributed by atoms with Gasteiger partial charge in [0, 0.05) is 23.1 Å². The lowest BCUT2D eigenvalue weighted by Gasteiger charge is -2.16. The lowest BCUT2D eigenvalue weighted by atomic mass is 10.0. The molecule has 1 atom stereocenters. The molecule has 0 aliphatic rings. The van der Waals surface area contributed by atoms with Crippen molar-refractivity contribution in [2.24, 2.45) is 0 Å². The highest BCUT2D eigenvalue weighted by Gasteiger charge is 2.11. The molecule has 0 aromatic heterocycles. The van der Waals surface area contributed by atoms with Crippen molar-refractivity contribution in [2.75, 3.05) is 19.1 Å². The summed E-state index contributed by atoms with van der Waals surface area (Å²) >= 11 is 5.93. The van der Waals surface area contributed by atoms with Crippen LogP contribution in [0.25, 0.3) is 0 Å². The van der Waals surface area contributed by atoms with Gasteiger partial charge in [-0.15, -0.1) is 0 Å². The second kappa shape index (κ2) is 6.38. The summed E-state index contributed by atoms with van der Waals surface area (Å²) in [5.41, 5.74) is 1.09. The van der Waals surface area contributed by atoms with Gasteiger partial charge in [0.05, 0.1) is 0 Å². The predicted octanol–water partition coefficient (Wildman–Crippen LogP) is 2.43. The standard InChI is InChI=1S/C12H18ClNO2S/c1-14-12(7-4-8-17(2,15)16)10-5-3-6-11(13)9-10/h3,5-6,9,12,14H,4,7-8H2,1-2H3. The molecule has 0 amide bonds. The van der Waals surface area contributed by atoms with Crippen molar-refractivity contribution >= 4 is 21.4 Å². The van der Waals surface area contributed by atoms with Gasteiger partial charge >= 0.3 is 0 Å². The van der Waals surface area contributed by atoms with Crippen LogP contribution in [0, 0.1) is 0 Å². The zero-order chi connectivity index (χ0) is 12.9. The Labute approximate surface area is 108 Å². The Morgan fingerprint density at radius 1 is 1.41 bits per heavy atom. The van der Waals surface area contributed by atoms with Gasteiger partial charge in [-0.2, -0.15) is 0 Å². The minimum atomic E-state index is -2.87. The summed E-state index contributed by atoms with van der Waals surface area (Å²) in [5, 5.41) is 3.88. The van der Waals surface area contributed by atoms with Gasteiger partial charge in [-0.05, 0) is 37.6 Å². The van der Waals surface area contributed by atoms with E-state index >= 15 is 0 Å². The highest BCUT2D eigenvalue weighted by molar-refractivity contribution is 7.90. The number of hydrogen-bond acceptors (Lipinski definition) is 3. The maximum atomic E-state index is 11.1. The summed E-state index contributed by atoms with van der Waals surface area (Å²) in [6.07, 6.45) is 2.70. The van der Waals surface area contributed by atoms with Gasteiger partial charge in [0.15, 0.2) is 0 Å². The highest BCUT2D eigenvalue weighted by Crippen LogP contribution is 2.21. The van der Waals surface area contributed by atoms with E-state index in [1.54, 1.807) is 0 Å². The highest BCUT2D eigenvalue weighted by atomic mass is 35.5. The first kappa shape index (κ1) is 14.5. The number of nitrogens with one attached hydrogen (secondary N) is 1. The number of hydrogen-bond donors (Lipinski definition) is 1. The van der Waals surface area contributed by atoms with E-state index in [0.29, 0.717) is 11.4 Å². The topological polar surface area (TPSA) is 46.2 Å². The fraction of sp³-hybridized carbons (Fsp3) is 0.500. The Hall–Kier alpha value is -0.580. The van der Waals surface area contributed by atoms with Crippen molar-refractivity contribution < 1.29 is 8.42 Å². The van der Waals surface area contributed by atoms with Crippen LogP contribution >= 0.6 is 11.6 Å². The molecule has 1 aromatic rings. The number of halogens is 1. The molecule has 5 heteroatoms. The Morgan fingerprint density at radius 2 is 2.12 bits per heavy atom. The third-order valence-corrected chi connectivity index (χ3v) is 3.87. The number of rotatable bonds is 6. The molecule has 96 valence electrons. The van der Waals surface area contributed by atoms with Crippen LogP contribution in [0.1, 0.15) is 24.4 Å². The zero-order valence-corrected chi connectivity index (χ0v) is 11.7. The Balaban J connectivity index is 2.60. The maximum absolute atomic E-state index is 11.1. The smallest absolute Gasteiger partial charge is 0.147 e. The summed E-state index contributed by atoms with van der Waals surface area (Å²) < 4.78 is 22.1. The van der Waals surface area contributed by atoms with Crippen LogP contribution in [-0.2, 0) is 9.84 Å². The fourth-order valence-electron chi connectivity index (χ4n) is 1.75. The number of benzene rings is 1. The summed E-state index contributed by atoms with van der Waals surface area (Å²) in [6, 6.07) is 7.78. The molecule has 0 bridgehead atoms. The van der Waals surface area contributed by atoms with Gasteiger partial charge in [-0.3, -0.25) is 0 Å². The SMILES string of the molecule is CNC(CCCS(C)(=O)=O)c1cccc(Cl)c1. The molecular formula is C12H18ClNO2S. The second-order valence-corrected chi connectivity index (χ2v) is 6.86. The Kier molecular flexibility index (Phi) is 5.43. The molecular weight excluding hydrogens is 258 g/mol. The van der Waals surface area contributed by atoms with Gasteiger partial charge in [-0.25, -0.2) is 8.42 Å². The van der Waals surface area contributed by atoms with E-state index in [-0.39, 0.29) is 11.8 Å². The third-order valence-electron chi connectivity index (χ3n) is 2.61. The van der Waals surface area contributed by atoms with Gasteiger partial charge in [-0.1, -0.05) is 23.7 Å². The van der Waals surface area contributed by atoms with Crippen molar-refractivity contribution in [3.63, 3.8) is 0 Å². The number of sulfone groups is 1. The van der Waals surface area contributed by atoms with Crippen LogP contribution < -0.4 is 5.32 Å². The average Bonchev–Trinajstić information content (AvgIpc) is 2.23. The first-order chi connectivity index (χ1) is 7.92.